The Morgan fingerprint density at radius 3 is 2.83 bits per heavy atom. The number of aliphatic hydroxyl groups is 1. The van der Waals surface area contributed by atoms with E-state index >= 15 is 0 Å². The first-order valence-corrected chi connectivity index (χ1v) is 11.9. The van der Waals surface area contributed by atoms with Gasteiger partial charge in [0, 0.05) is 49.6 Å². The first kappa shape index (κ1) is 23.8. The van der Waals surface area contributed by atoms with Crippen molar-refractivity contribution in [2.45, 2.75) is 12.5 Å². The summed E-state index contributed by atoms with van der Waals surface area (Å²) in [6, 6.07) is 14.5. The molecular weight excluding hydrogens is 458 g/mol. The van der Waals surface area contributed by atoms with Crippen LogP contribution in [0.5, 0.6) is 11.6 Å². The third kappa shape index (κ3) is 4.50. The predicted molar refractivity (Wildman–Crippen MR) is 137 cm³/mol. The Morgan fingerprint density at radius 2 is 2.03 bits per heavy atom. The van der Waals surface area contributed by atoms with Crippen molar-refractivity contribution in [2.75, 3.05) is 40.4 Å². The molecule has 0 saturated carbocycles. The van der Waals surface area contributed by atoms with Gasteiger partial charge in [-0.25, -0.2) is 9.97 Å². The number of nitrogens with one attached hydrogen (secondary N) is 1. The molecule has 1 saturated heterocycles. The fraction of sp³-hybridized carbons (Fsp3) is 0.296. The monoisotopic (exact) mass is 487 g/mol. The van der Waals surface area contributed by atoms with Gasteiger partial charge in [-0.05, 0) is 61.5 Å². The summed E-state index contributed by atoms with van der Waals surface area (Å²) in [4.78, 5) is 29.5. The van der Waals surface area contributed by atoms with Gasteiger partial charge >= 0.3 is 0 Å². The van der Waals surface area contributed by atoms with E-state index in [0.717, 1.165) is 17.7 Å². The number of aliphatic hydroxyl groups excluding tert-OH is 1. The van der Waals surface area contributed by atoms with E-state index in [-0.39, 0.29) is 24.3 Å². The number of likely N-dealkylation sites (N-methyl/N-ethyl adjacent to an activating group) is 1. The number of H-pyrrole nitrogens is 1. The summed E-state index contributed by atoms with van der Waals surface area (Å²) in [5.41, 5.74) is 4.15. The number of carbonyl (C=O) groups is 1. The van der Waals surface area contributed by atoms with E-state index in [1.54, 1.807) is 37.6 Å². The molecular formula is C27H29N5O4. The highest BCUT2D eigenvalue weighted by Gasteiger charge is 2.27. The molecule has 3 N–H and O–H groups in total. The molecule has 36 heavy (non-hydrogen) atoms. The molecule has 0 bridgehead atoms. The van der Waals surface area contributed by atoms with Crippen LogP contribution in [0.1, 0.15) is 16.8 Å². The summed E-state index contributed by atoms with van der Waals surface area (Å²) < 4.78 is 5.39. The number of carbonyl (C=O) groups excluding carboxylic acids is 1. The van der Waals surface area contributed by atoms with Gasteiger partial charge in [-0.15, -0.1) is 0 Å². The van der Waals surface area contributed by atoms with Gasteiger partial charge in [-0.2, -0.15) is 0 Å². The Balaban J connectivity index is 1.45. The Hall–Kier alpha value is -3.95. The number of phenolic OH excluding ortho intramolecular Hbond substituents is 1. The summed E-state index contributed by atoms with van der Waals surface area (Å²) in [7, 11) is 3.59. The molecule has 0 aliphatic carbocycles. The van der Waals surface area contributed by atoms with Gasteiger partial charge in [0.2, 0.25) is 5.88 Å². The second-order valence-electron chi connectivity index (χ2n) is 9.01. The number of aromatic nitrogens is 3. The minimum Gasteiger partial charge on any atom is -0.507 e. The number of amides is 1. The largest absolute Gasteiger partial charge is 0.507 e. The third-order valence-corrected chi connectivity index (χ3v) is 6.78. The standard InChI is InChI=1S/C27H29N5O4/c1-31-11-12-32(16-19(31)9-13-33)27(35)18-5-7-22-23(15-18)30-25(29-22)21-14-17(6-8-24(21)34)20-4-3-10-28-26(20)36-2/h3-8,10,14-15,19,33-34H,9,11-13,16H2,1-2H3,(H,29,30). The highest BCUT2D eigenvalue weighted by atomic mass is 16.5. The number of pyridine rings is 1. The first-order valence-electron chi connectivity index (χ1n) is 11.9. The number of ether oxygens (including phenoxy) is 1. The maximum atomic E-state index is 13.2. The number of nitrogens with zero attached hydrogens (tertiary/aromatic N) is 4. The van der Waals surface area contributed by atoms with Gasteiger partial charge in [-0.1, -0.05) is 6.07 Å². The fourth-order valence-electron chi connectivity index (χ4n) is 4.71. The van der Waals surface area contributed by atoms with Crippen molar-refractivity contribution >= 4 is 16.9 Å². The van der Waals surface area contributed by atoms with Gasteiger partial charge in [0.25, 0.3) is 5.91 Å². The SMILES string of the molecule is COc1ncccc1-c1ccc(O)c(-c2nc3ccc(C(=O)N4CCN(C)C(CCO)C4)cc3[nH]2)c1. The van der Waals surface area contributed by atoms with E-state index in [1.807, 2.05) is 36.2 Å². The summed E-state index contributed by atoms with van der Waals surface area (Å²) in [5.74, 6) is 1.04. The molecule has 1 fully saturated rings. The lowest BCUT2D eigenvalue weighted by Gasteiger charge is -2.39. The lowest BCUT2D eigenvalue weighted by Crippen LogP contribution is -2.53. The smallest absolute Gasteiger partial charge is 0.254 e. The molecule has 9 nitrogen and oxygen atoms in total. The van der Waals surface area contributed by atoms with Crippen molar-refractivity contribution in [3.63, 3.8) is 0 Å². The summed E-state index contributed by atoms with van der Waals surface area (Å²) in [6.07, 6.45) is 2.30. The molecule has 4 aromatic rings. The molecule has 9 heteroatoms. The van der Waals surface area contributed by atoms with Crippen LogP contribution < -0.4 is 4.74 Å². The van der Waals surface area contributed by atoms with E-state index in [9.17, 15) is 15.0 Å². The zero-order valence-corrected chi connectivity index (χ0v) is 20.3. The second kappa shape index (κ2) is 9.96. The number of benzene rings is 2. The molecule has 1 amide bonds. The van der Waals surface area contributed by atoms with Crippen LogP contribution in [0, 0.1) is 0 Å². The first-order chi connectivity index (χ1) is 17.5. The van der Waals surface area contributed by atoms with Crippen molar-refractivity contribution in [1.82, 2.24) is 24.8 Å². The summed E-state index contributed by atoms with van der Waals surface area (Å²) >= 11 is 0. The van der Waals surface area contributed by atoms with Crippen molar-refractivity contribution in [3.8, 4) is 34.1 Å². The van der Waals surface area contributed by atoms with E-state index < -0.39 is 0 Å². The number of fused-ring (bicyclic) bond motifs is 1. The lowest BCUT2D eigenvalue weighted by molar-refractivity contribution is 0.0501. The molecule has 0 spiro atoms. The molecule has 3 heterocycles. The number of phenols is 1. The number of hydrogen-bond acceptors (Lipinski definition) is 7. The number of hydrogen-bond donors (Lipinski definition) is 3. The quantitative estimate of drug-likeness (QED) is 0.383. The number of imidazole rings is 1. The van der Waals surface area contributed by atoms with Gasteiger partial charge in [0.15, 0.2) is 0 Å². The minimum atomic E-state index is -0.0439. The average molecular weight is 488 g/mol. The second-order valence-corrected chi connectivity index (χ2v) is 9.01. The van der Waals surface area contributed by atoms with Crippen molar-refractivity contribution in [3.05, 3.63) is 60.3 Å². The molecule has 1 aliphatic heterocycles. The van der Waals surface area contributed by atoms with E-state index in [1.165, 1.54) is 0 Å². The third-order valence-electron chi connectivity index (χ3n) is 6.78. The molecule has 2 aromatic carbocycles. The Labute approximate surface area is 209 Å². The van der Waals surface area contributed by atoms with Gasteiger partial charge in [-0.3, -0.25) is 9.69 Å². The average Bonchev–Trinajstić information content (AvgIpc) is 3.33. The summed E-state index contributed by atoms with van der Waals surface area (Å²) in [5, 5.41) is 20.0. The summed E-state index contributed by atoms with van der Waals surface area (Å²) in [6.45, 7) is 2.09. The fourth-order valence-corrected chi connectivity index (χ4v) is 4.71. The zero-order valence-electron chi connectivity index (χ0n) is 20.3. The van der Waals surface area contributed by atoms with E-state index in [0.29, 0.717) is 53.4 Å². The van der Waals surface area contributed by atoms with Gasteiger partial charge in [0.05, 0.1) is 23.7 Å². The van der Waals surface area contributed by atoms with Crippen LogP contribution in [0.25, 0.3) is 33.5 Å². The molecule has 186 valence electrons. The van der Waals surface area contributed by atoms with Crippen LogP contribution in [0.2, 0.25) is 0 Å². The van der Waals surface area contributed by atoms with Crippen molar-refractivity contribution in [1.29, 1.82) is 0 Å². The predicted octanol–water partition coefficient (Wildman–Crippen LogP) is 3.14. The van der Waals surface area contributed by atoms with Gasteiger partial charge in [0.1, 0.15) is 11.6 Å². The lowest BCUT2D eigenvalue weighted by atomic mass is 10.0. The molecule has 1 aliphatic rings. The Kier molecular flexibility index (Phi) is 6.58. The molecule has 0 radical (unpaired) electrons. The Bertz CT molecular complexity index is 1400. The number of piperazine rings is 1. The number of methoxy groups -OCH3 is 1. The molecule has 2 aromatic heterocycles. The maximum absolute atomic E-state index is 13.2. The maximum Gasteiger partial charge on any atom is 0.254 e. The minimum absolute atomic E-state index is 0.0439. The van der Waals surface area contributed by atoms with Gasteiger partial charge < -0.3 is 24.8 Å². The normalized spacial score (nSPS) is 16.4. The van der Waals surface area contributed by atoms with Crippen molar-refractivity contribution < 1.29 is 19.7 Å². The Morgan fingerprint density at radius 1 is 1.17 bits per heavy atom. The highest BCUT2D eigenvalue weighted by molar-refractivity contribution is 5.98. The number of aromatic hydroxyl groups is 1. The highest BCUT2D eigenvalue weighted by Crippen LogP contribution is 2.35. The molecule has 5 rings (SSSR count). The van der Waals surface area contributed by atoms with Crippen LogP contribution in [0.15, 0.2) is 54.7 Å². The number of aromatic amines is 1. The molecule has 1 unspecified atom stereocenters. The van der Waals surface area contributed by atoms with Crippen LogP contribution in [0.4, 0.5) is 0 Å². The van der Waals surface area contributed by atoms with Crippen LogP contribution in [0.3, 0.4) is 0 Å². The van der Waals surface area contributed by atoms with Crippen LogP contribution in [-0.2, 0) is 0 Å². The van der Waals surface area contributed by atoms with E-state index in [2.05, 4.69) is 19.9 Å². The van der Waals surface area contributed by atoms with Crippen LogP contribution in [-0.4, -0.2) is 87.3 Å². The molecule has 1 atom stereocenters. The zero-order chi connectivity index (χ0) is 25.2. The number of rotatable bonds is 6. The van der Waals surface area contributed by atoms with Crippen LogP contribution >= 0.6 is 0 Å². The van der Waals surface area contributed by atoms with E-state index in [4.69, 9.17) is 4.74 Å². The topological polar surface area (TPSA) is 115 Å². The van der Waals surface area contributed by atoms with Crippen molar-refractivity contribution in [2.24, 2.45) is 0 Å².